The first-order valence-electron chi connectivity index (χ1n) is 4.49. The molecule has 4 nitrogen and oxygen atoms in total. The Balaban J connectivity index is 2.77. The molecular formula is C10H14O4. The maximum atomic E-state index is 10.2. The molecule has 0 aromatic rings. The first-order valence-corrected chi connectivity index (χ1v) is 4.49. The molecule has 0 radical (unpaired) electrons. The van der Waals surface area contributed by atoms with Crippen LogP contribution in [0, 0.1) is 0 Å². The maximum absolute atomic E-state index is 10.2. The van der Waals surface area contributed by atoms with Crippen molar-refractivity contribution < 1.29 is 20.1 Å². The molecule has 0 bridgehead atoms. The third kappa shape index (κ3) is 2.51. The molecule has 78 valence electrons. The molecule has 0 aliphatic heterocycles. The molecule has 1 saturated carbocycles. The van der Waals surface area contributed by atoms with Crippen LogP contribution in [0.5, 0.6) is 0 Å². The van der Waals surface area contributed by atoms with Crippen molar-refractivity contribution in [3.05, 3.63) is 23.3 Å². The number of aliphatic hydroxyl groups is 3. The normalized spacial score (nSPS) is 27.4. The average Bonchev–Trinajstić information content (AvgIpc) is 2.12. The van der Waals surface area contributed by atoms with Crippen LogP contribution in [-0.4, -0.2) is 40.4 Å². The number of rotatable bonds is 2. The van der Waals surface area contributed by atoms with Gasteiger partial charge in [0.2, 0.25) is 0 Å². The summed E-state index contributed by atoms with van der Waals surface area (Å²) in [5.74, 6) is 0. The fourth-order valence-corrected chi connectivity index (χ4v) is 1.65. The van der Waals surface area contributed by atoms with Crippen LogP contribution in [0.3, 0.4) is 0 Å². The lowest BCUT2D eigenvalue weighted by molar-refractivity contribution is -0.104. The van der Waals surface area contributed by atoms with Gasteiger partial charge in [-0.05, 0) is 24.5 Å². The van der Waals surface area contributed by atoms with Gasteiger partial charge >= 0.3 is 0 Å². The minimum absolute atomic E-state index is 0.198. The number of allylic oxidation sites excluding steroid dienone is 1. The van der Waals surface area contributed by atoms with Crippen molar-refractivity contribution in [1.82, 2.24) is 0 Å². The van der Waals surface area contributed by atoms with Gasteiger partial charge in [0.25, 0.3) is 0 Å². The third-order valence-corrected chi connectivity index (χ3v) is 2.31. The lowest BCUT2D eigenvalue weighted by atomic mass is 9.85. The van der Waals surface area contributed by atoms with Gasteiger partial charge in [-0.1, -0.05) is 11.6 Å². The Morgan fingerprint density at radius 2 is 1.86 bits per heavy atom. The van der Waals surface area contributed by atoms with E-state index in [9.17, 15) is 15.0 Å². The van der Waals surface area contributed by atoms with Gasteiger partial charge in [0, 0.05) is 0 Å². The van der Waals surface area contributed by atoms with Crippen LogP contribution in [0.4, 0.5) is 0 Å². The molecular weight excluding hydrogens is 184 g/mol. The van der Waals surface area contributed by atoms with Gasteiger partial charge in [-0.25, -0.2) is 0 Å². The van der Waals surface area contributed by atoms with E-state index in [1.54, 1.807) is 0 Å². The van der Waals surface area contributed by atoms with E-state index in [4.69, 9.17) is 5.11 Å². The van der Waals surface area contributed by atoms with Crippen LogP contribution in [0.25, 0.3) is 0 Å². The summed E-state index contributed by atoms with van der Waals surface area (Å²) in [6.45, 7) is -0.198. The molecule has 1 fully saturated rings. The minimum atomic E-state index is -0.794. The summed E-state index contributed by atoms with van der Waals surface area (Å²) in [5.41, 5.74) is 1.17. The van der Waals surface area contributed by atoms with E-state index < -0.39 is 12.2 Å². The standard InChI is InChI=1S/C10H14O4/c11-3-1-7-5-9(13)8(2-4-12)10(14)6-7/h1-3,9-10,12-14H,4-6H2/t9-,10-/m1/s1. The highest BCUT2D eigenvalue weighted by Crippen LogP contribution is 2.28. The molecule has 0 aromatic heterocycles. The Bertz CT molecular complexity index is 251. The van der Waals surface area contributed by atoms with E-state index in [2.05, 4.69) is 0 Å². The van der Waals surface area contributed by atoms with Crippen LogP contribution in [0.15, 0.2) is 23.3 Å². The number of aldehydes is 1. The summed E-state index contributed by atoms with van der Waals surface area (Å²) in [4.78, 5) is 10.2. The molecule has 0 heterocycles. The Morgan fingerprint density at radius 1 is 1.29 bits per heavy atom. The van der Waals surface area contributed by atoms with Gasteiger partial charge in [0.1, 0.15) is 6.29 Å². The van der Waals surface area contributed by atoms with Crippen LogP contribution in [0.1, 0.15) is 12.8 Å². The van der Waals surface area contributed by atoms with Gasteiger partial charge in [0.15, 0.2) is 0 Å². The average molecular weight is 198 g/mol. The summed E-state index contributed by atoms with van der Waals surface area (Å²) < 4.78 is 0. The van der Waals surface area contributed by atoms with E-state index in [-0.39, 0.29) is 6.61 Å². The third-order valence-electron chi connectivity index (χ3n) is 2.31. The topological polar surface area (TPSA) is 77.8 Å². The highest BCUT2D eigenvalue weighted by atomic mass is 16.3. The van der Waals surface area contributed by atoms with Gasteiger partial charge in [-0.3, -0.25) is 4.79 Å². The molecule has 0 amide bonds. The van der Waals surface area contributed by atoms with E-state index >= 15 is 0 Å². The largest absolute Gasteiger partial charge is 0.392 e. The summed E-state index contributed by atoms with van der Waals surface area (Å²) >= 11 is 0. The fraction of sp³-hybridized carbons (Fsp3) is 0.500. The molecule has 0 aromatic carbocycles. The first kappa shape index (κ1) is 11.1. The maximum Gasteiger partial charge on any atom is 0.142 e. The molecule has 1 aliphatic rings. The Hall–Kier alpha value is -0.970. The van der Waals surface area contributed by atoms with E-state index in [1.807, 2.05) is 0 Å². The predicted octanol–water partition coefficient (Wildman–Crippen LogP) is -0.454. The second kappa shape index (κ2) is 5.05. The van der Waals surface area contributed by atoms with Gasteiger partial charge < -0.3 is 15.3 Å². The SMILES string of the molecule is O=CC=C1C[C@@H](O)C(=CCO)[C@H](O)C1. The van der Waals surface area contributed by atoms with E-state index in [0.29, 0.717) is 24.7 Å². The number of carbonyl (C=O) groups excluding carboxylic acids is 1. The van der Waals surface area contributed by atoms with Crippen LogP contribution >= 0.6 is 0 Å². The molecule has 1 rings (SSSR count). The smallest absolute Gasteiger partial charge is 0.142 e. The van der Waals surface area contributed by atoms with Gasteiger partial charge in [0.05, 0.1) is 18.8 Å². The zero-order valence-electron chi connectivity index (χ0n) is 7.76. The van der Waals surface area contributed by atoms with Crippen LogP contribution in [0.2, 0.25) is 0 Å². The number of carbonyl (C=O) groups is 1. The molecule has 0 unspecified atom stereocenters. The van der Waals surface area contributed by atoms with Crippen molar-refractivity contribution >= 4 is 6.29 Å². The van der Waals surface area contributed by atoms with Crippen molar-refractivity contribution in [2.24, 2.45) is 0 Å². The van der Waals surface area contributed by atoms with Crippen molar-refractivity contribution in [3.8, 4) is 0 Å². The molecule has 4 heteroatoms. The quantitative estimate of drug-likeness (QED) is 0.319. The minimum Gasteiger partial charge on any atom is -0.392 e. The van der Waals surface area contributed by atoms with Crippen molar-refractivity contribution in [2.75, 3.05) is 6.61 Å². The Kier molecular flexibility index (Phi) is 4.00. The summed E-state index contributed by atoms with van der Waals surface area (Å²) in [6, 6.07) is 0. The van der Waals surface area contributed by atoms with E-state index in [0.717, 1.165) is 5.57 Å². The predicted molar refractivity (Wildman–Crippen MR) is 50.6 cm³/mol. The second-order valence-corrected chi connectivity index (χ2v) is 3.29. The Morgan fingerprint density at radius 3 is 2.29 bits per heavy atom. The molecule has 2 atom stereocenters. The number of hydrogen-bond donors (Lipinski definition) is 3. The van der Waals surface area contributed by atoms with Crippen molar-refractivity contribution in [2.45, 2.75) is 25.0 Å². The summed E-state index contributed by atoms with van der Waals surface area (Å²) in [7, 11) is 0. The van der Waals surface area contributed by atoms with Gasteiger partial charge in [-0.2, -0.15) is 0 Å². The summed E-state index contributed by atoms with van der Waals surface area (Å²) in [5, 5.41) is 27.8. The lowest BCUT2D eigenvalue weighted by Crippen LogP contribution is -2.29. The highest BCUT2D eigenvalue weighted by Gasteiger charge is 2.26. The van der Waals surface area contributed by atoms with E-state index in [1.165, 1.54) is 12.2 Å². The molecule has 3 N–H and O–H groups in total. The molecule has 0 spiro atoms. The molecule has 0 saturated heterocycles. The monoisotopic (exact) mass is 198 g/mol. The molecule has 14 heavy (non-hydrogen) atoms. The number of aliphatic hydroxyl groups excluding tert-OH is 3. The first-order chi connectivity index (χ1) is 6.69. The van der Waals surface area contributed by atoms with Crippen molar-refractivity contribution in [1.29, 1.82) is 0 Å². The van der Waals surface area contributed by atoms with Crippen LogP contribution in [-0.2, 0) is 4.79 Å². The molecule has 1 aliphatic carbocycles. The number of hydrogen-bond acceptors (Lipinski definition) is 4. The zero-order valence-corrected chi connectivity index (χ0v) is 7.76. The lowest BCUT2D eigenvalue weighted by Gasteiger charge is -2.27. The summed E-state index contributed by atoms with van der Waals surface area (Å²) in [6.07, 6.45) is 2.53. The fourth-order valence-electron chi connectivity index (χ4n) is 1.65. The Labute approximate surface area is 82.2 Å². The van der Waals surface area contributed by atoms with Gasteiger partial charge in [-0.15, -0.1) is 0 Å². The zero-order chi connectivity index (χ0) is 10.6. The highest BCUT2D eigenvalue weighted by molar-refractivity contribution is 5.66. The van der Waals surface area contributed by atoms with Crippen LogP contribution < -0.4 is 0 Å². The van der Waals surface area contributed by atoms with Crippen molar-refractivity contribution in [3.63, 3.8) is 0 Å². The second-order valence-electron chi connectivity index (χ2n) is 3.29.